The van der Waals surface area contributed by atoms with E-state index in [0.29, 0.717) is 5.92 Å². The van der Waals surface area contributed by atoms with Gasteiger partial charge in [-0.05, 0) is 12.3 Å². The van der Waals surface area contributed by atoms with Crippen LogP contribution in [0.3, 0.4) is 0 Å². The molecule has 2 aromatic rings. The summed E-state index contributed by atoms with van der Waals surface area (Å²) in [7, 11) is 0. The Labute approximate surface area is 94.2 Å². The summed E-state index contributed by atoms with van der Waals surface area (Å²) in [6, 6.07) is 0. The topological polar surface area (TPSA) is 30.2 Å². The molecule has 0 fully saturated rings. The summed E-state index contributed by atoms with van der Waals surface area (Å²) in [6.45, 7) is 6.60. The molecule has 0 saturated carbocycles. The second-order valence-corrected chi connectivity index (χ2v) is 5.34. The average molecular weight is 223 g/mol. The summed E-state index contributed by atoms with van der Waals surface area (Å²) in [5.74, 6) is 0.663. The predicted octanol–water partition coefficient (Wildman–Crippen LogP) is 2.94. The number of nitrogens with zero attached hydrogens (tertiary/aromatic N) is 3. The molecule has 0 spiro atoms. The zero-order valence-corrected chi connectivity index (χ0v) is 10.3. The standard InChI is InChI=1S/C11H17N3S/c1-4-5-9-7-14-11(12-9)15-10(13-14)6-8(2)3/h7-8H,4-6H2,1-3H3. The first kappa shape index (κ1) is 10.6. The second kappa shape index (κ2) is 4.31. The Morgan fingerprint density at radius 1 is 1.47 bits per heavy atom. The van der Waals surface area contributed by atoms with Gasteiger partial charge in [0.25, 0.3) is 0 Å². The SMILES string of the molecule is CCCc1cn2nc(CC(C)C)sc2n1. The van der Waals surface area contributed by atoms with Crippen molar-refractivity contribution in [1.29, 1.82) is 0 Å². The molecule has 0 N–H and O–H groups in total. The first-order valence-electron chi connectivity index (χ1n) is 5.53. The number of hydrogen-bond donors (Lipinski definition) is 0. The first-order chi connectivity index (χ1) is 7.19. The summed E-state index contributed by atoms with van der Waals surface area (Å²) in [5.41, 5.74) is 1.16. The van der Waals surface area contributed by atoms with E-state index >= 15 is 0 Å². The molecule has 0 amide bonds. The van der Waals surface area contributed by atoms with Crippen LogP contribution in [0.4, 0.5) is 0 Å². The molecule has 0 saturated heterocycles. The van der Waals surface area contributed by atoms with Gasteiger partial charge in [-0.2, -0.15) is 5.10 Å². The summed E-state index contributed by atoms with van der Waals surface area (Å²) in [6.07, 6.45) is 5.30. The van der Waals surface area contributed by atoms with E-state index in [2.05, 4.69) is 37.1 Å². The van der Waals surface area contributed by atoms with Crippen molar-refractivity contribution in [2.45, 2.75) is 40.0 Å². The van der Waals surface area contributed by atoms with Crippen molar-refractivity contribution in [2.24, 2.45) is 5.92 Å². The van der Waals surface area contributed by atoms with E-state index in [4.69, 9.17) is 0 Å². The Morgan fingerprint density at radius 3 is 2.87 bits per heavy atom. The van der Waals surface area contributed by atoms with Gasteiger partial charge in [-0.1, -0.05) is 38.5 Å². The summed E-state index contributed by atoms with van der Waals surface area (Å²) in [5, 5.41) is 5.72. The molecule has 2 aromatic heterocycles. The maximum atomic E-state index is 4.55. The van der Waals surface area contributed by atoms with Crippen molar-refractivity contribution in [3.05, 3.63) is 16.9 Å². The molecule has 82 valence electrons. The molecule has 0 aliphatic rings. The van der Waals surface area contributed by atoms with Crippen molar-refractivity contribution in [1.82, 2.24) is 14.6 Å². The lowest BCUT2D eigenvalue weighted by Crippen LogP contribution is -1.94. The van der Waals surface area contributed by atoms with Crippen molar-refractivity contribution < 1.29 is 0 Å². The maximum Gasteiger partial charge on any atom is 0.212 e. The Bertz CT molecular complexity index is 410. The van der Waals surface area contributed by atoms with Crippen LogP contribution in [0.2, 0.25) is 0 Å². The number of hydrogen-bond acceptors (Lipinski definition) is 3. The Morgan fingerprint density at radius 2 is 2.27 bits per heavy atom. The van der Waals surface area contributed by atoms with Gasteiger partial charge in [0.2, 0.25) is 4.96 Å². The van der Waals surface area contributed by atoms with E-state index in [9.17, 15) is 0 Å². The maximum absolute atomic E-state index is 4.55. The largest absolute Gasteiger partial charge is 0.223 e. The Hall–Kier alpha value is -0.900. The molecule has 2 heterocycles. The van der Waals surface area contributed by atoms with Crippen molar-refractivity contribution >= 4 is 16.3 Å². The first-order valence-corrected chi connectivity index (χ1v) is 6.34. The molecule has 0 bridgehead atoms. The molecule has 0 radical (unpaired) electrons. The van der Waals surface area contributed by atoms with E-state index in [1.165, 1.54) is 5.01 Å². The van der Waals surface area contributed by atoms with Crippen LogP contribution < -0.4 is 0 Å². The van der Waals surface area contributed by atoms with Crippen molar-refractivity contribution in [2.75, 3.05) is 0 Å². The fourth-order valence-corrected chi connectivity index (χ4v) is 2.70. The quantitative estimate of drug-likeness (QED) is 0.797. The highest BCUT2D eigenvalue weighted by Crippen LogP contribution is 2.18. The molecule has 3 nitrogen and oxygen atoms in total. The molecule has 2 rings (SSSR count). The van der Waals surface area contributed by atoms with Gasteiger partial charge in [0, 0.05) is 6.42 Å². The van der Waals surface area contributed by atoms with Gasteiger partial charge in [-0.15, -0.1) is 0 Å². The summed E-state index contributed by atoms with van der Waals surface area (Å²) in [4.78, 5) is 5.59. The van der Waals surface area contributed by atoms with E-state index in [1.807, 2.05) is 4.52 Å². The highest BCUT2D eigenvalue weighted by atomic mass is 32.1. The number of aryl methyl sites for hydroxylation is 1. The van der Waals surface area contributed by atoms with Crippen LogP contribution in [0, 0.1) is 5.92 Å². The lowest BCUT2D eigenvalue weighted by Gasteiger charge is -1.97. The minimum atomic E-state index is 0.663. The molecular weight excluding hydrogens is 206 g/mol. The smallest absolute Gasteiger partial charge is 0.212 e. The molecular formula is C11H17N3S. The van der Waals surface area contributed by atoms with E-state index in [1.54, 1.807) is 11.3 Å². The van der Waals surface area contributed by atoms with Crippen LogP contribution in [0.15, 0.2) is 6.20 Å². The lowest BCUT2D eigenvalue weighted by atomic mass is 10.1. The third-order valence-corrected chi connectivity index (χ3v) is 3.17. The van der Waals surface area contributed by atoms with Gasteiger partial charge in [-0.25, -0.2) is 9.50 Å². The molecule has 0 aliphatic carbocycles. The number of fused-ring (bicyclic) bond motifs is 1. The van der Waals surface area contributed by atoms with Gasteiger partial charge in [-0.3, -0.25) is 0 Å². The van der Waals surface area contributed by atoms with Crippen LogP contribution in [0.5, 0.6) is 0 Å². The van der Waals surface area contributed by atoms with Crippen LogP contribution in [0.1, 0.15) is 37.9 Å². The van der Waals surface area contributed by atoms with Gasteiger partial charge >= 0.3 is 0 Å². The van der Waals surface area contributed by atoms with Crippen molar-refractivity contribution in [3.8, 4) is 0 Å². The fourth-order valence-electron chi connectivity index (χ4n) is 1.59. The highest BCUT2D eigenvalue weighted by Gasteiger charge is 2.08. The van der Waals surface area contributed by atoms with Crippen LogP contribution in [0.25, 0.3) is 4.96 Å². The second-order valence-electron chi connectivity index (χ2n) is 4.30. The average Bonchev–Trinajstić information content (AvgIpc) is 2.60. The summed E-state index contributed by atoms with van der Waals surface area (Å²) < 4.78 is 1.92. The Kier molecular flexibility index (Phi) is 3.05. The minimum Gasteiger partial charge on any atom is -0.223 e. The monoisotopic (exact) mass is 223 g/mol. The van der Waals surface area contributed by atoms with Crippen LogP contribution in [-0.4, -0.2) is 14.6 Å². The van der Waals surface area contributed by atoms with Crippen LogP contribution >= 0.6 is 11.3 Å². The van der Waals surface area contributed by atoms with E-state index < -0.39 is 0 Å². The highest BCUT2D eigenvalue weighted by molar-refractivity contribution is 7.16. The molecule has 0 aliphatic heterocycles. The minimum absolute atomic E-state index is 0.663. The predicted molar refractivity (Wildman–Crippen MR) is 63.4 cm³/mol. The zero-order chi connectivity index (χ0) is 10.8. The third kappa shape index (κ3) is 2.37. The third-order valence-electron chi connectivity index (χ3n) is 2.22. The number of rotatable bonds is 4. The van der Waals surface area contributed by atoms with Crippen LogP contribution in [-0.2, 0) is 12.8 Å². The van der Waals surface area contributed by atoms with E-state index in [0.717, 1.165) is 29.9 Å². The molecule has 0 aromatic carbocycles. The Balaban J connectivity index is 2.22. The zero-order valence-electron chi connectivity index (χ0n) is 9.53. The van der Waals surface area contributed by atoms with E-state index in [-0.39, 0.29) is 0 Å². The molecule has 15 heavy (non-hydrogen) atoms. The fraction of sp³-hybridized carbons (Fsp3) is 0.636. The normalized spacial score (nSPS) is 11.7. The van der Waals surface area contributed by atoms with Gasteiger partial charge < -0.3 is 0 Å². The van der Waals surface area contributed by atoms with Gasteiger partial charge in [0.05, 0.1) is 11.9 Å². The molecule has 0 unspecified atom stereocenters. The number of imidazole rings is 1. The molecule has 4 heteroatoms. The number of aromatic nitrogens is 3. The lowest BCUT2D eigenvalue weighted by molar-refractivity contribution is 0.636. The van der Waals surface area contributed by atoms with Gasteiger partial charge in [0.1, 0.15) is 5.01 Å². The molecule has 0 atom stereocenters. The summed E-state index contributed by atoms with van der Waals surface area (Å²) >= 11 is 1.71. The van der Waals surface area contributed by atoms with Crippen molar-refractivity contribution in [3.63, 3.8) is 0 Å². The van der Waals surface area contributed by atoms with Gasteiger partial charge in [0.15, 0.2) is 0 Å².